The summed E-state index contributed by atoms with van der Waals surface area (Å²) in [6, 6.07) is 12.5. The van der Waals surface area contributed by atoms with Crippen molar-refractivity contribution in [3.8, 4) is 17.2 Å². The maximum Gasteiger partial charge on any atom is 0.322 e. The summed E-state index contributed by atoms with van der Waals surface area (Å²) in [6.45, 7) is 0. The molecular weight excluding hydrogens is 266 g/mol. The Hall–Kier alpha value is -2.71. The van der Waals surface area contributed by atoms with Gasteiger partial charge in [0.1, 0.15) is 17.8 Å². The summed E-state index contributed by atoms with van der Waals surface area (Å²) in [6.07, 6.45) is 2.09. The molecule has 0 aliphatic carbocycles. The molecule has 1 atom stereocenters. The normalized spacial score (nSPS) is 11.5. The largest absolute Gasteiger partial charge is 0.468 e. The number of methoxy groups -OCH3 is 1. The van der Waals surface area contributed by atoms with Crippen molar-refractivity contribution in [3.05, 3.63) is 53.9 Å². The molecule has 5 heteroatoms. The summed E-state index contributed by atoms with van der Waals surface area (Å²) in [5.74, 6) is -0.421. The summed E-state index contributed by atoms with van der Waals surface area (Å²) in [7, 11) is 1.32. The molecule has 1 aromatic carbocycles. The first-order chi connectivity index (χ1) is 10.1. The minimum absolute atomic E-state index is 0.388. The third-order valence-electron chi connectivity index (χ3n) is 3.12. The number of rotatable bonds is 4. The van der Waals surface area contributed by atoms with Gasteiger partial charge < -0.3 is 10.5 Å². The van der Waals surface area contributed by atoms with Gasteiger partial charge >= 0.3 is 5.97 Å². The SMILES string of the molecule is COC(=O)C(N)Cc1ccc(-c2ccc(C#N)nc2)cc1. The minimum atomic E-state index is -0.655. The Bertz CT molecular complexity index is 657. The quantitative estimate of drug-likeness (QED) is 0.861. The predicted octanol–water partition coefficient (Wildman–Crippen LogP) is 1.66. The molecule has 0 radical (unpaired) electrons. The number of carbonyl (C=O) groups excluding carboxylic acids is 1. The minimum Gasteiger partial charge on any atom is -0.468 e. The fourth-order valence-corrected chi connectivity index (χ4v) is 1.95. The van der Waals surface area contributed by atoms with Crippen molar-refractivity contribution >= 4 is 5.97 Å². The van der Waals surface area contributed by atoms with Crippen LogP contribution in [0.4, 0.5) is 0 Å². The van der Waals surface area contributed by atoms with E-state index in [-0.39, 0.29) is 0 Å². The first-order valence-corrected chi connectivity index (χ1v) is 6.43. The standard InChI is InChI=1S/C16H15N3O2/c1-21-16(20)15(18)8-11-2-4-12(5-3-11)13-6-7-14(9-17)19-10-13/h2-7,10,15H,8,18H2,1H3. The molecule has 106 valence electrons. The molecule has 0 amide bonds. The van der Waals surface area contributed by atoms with Crippen molar-refractivity contribution in [3.63, 3.8) is 0 Å². The zero-order chi connectivity index (χ0) is 15.2. The topological polar surface area (TPSA) is 89.0 Å². The average molecular weight is 281 g/mol. The number of hydrogen-bond acceptors (Lipinski definition) is 5. The highest BCUT2D eigenvalue weighted by Gasteiger charge is 2.14. The summed E-state index contributed by atoms with van der Waals surface area (Å²) in [5, 5.41) is 8.72. The molecule has 21 heavy (non-hydrogen) atoms. The molecule has 1 aromatic heterocycles. The third-order valence-corrected chi connectivity index (χ3v) is 3.12. The lowest BCUT2D eigenvalue weighted by atomic mass is 10.0. The van der Waals surface area contributed by atoms with Crippen molar-refractivity contribution in [2.24, 2.45) is 5.73 Å². The first-order valence-electron chi connectivity index (χ1n) is 6.43. The van der Waals surface area contributed by atoms with Gasteiger partial charge in [0.05, 0.1) is 7.11 Å². The van der Waals surface area contributed by atoms with E-state index in [1.807, 2.05) is 36.4 Å². The number of aromatic nitrogens is 1. The highest BCUT2D eigenvalue weighted by molar-refractivity contribution is 5.75. The van der Waals surface area contributed by atoms with E-state index in [0.29, 0.717) is 12.1 Å². The van der Waals surface area contributed by atoms with E-state index in [2.05, 4.69) is 9.72 Å². The lowest BCUT2D eigenvalue weighted by Crippen LogP contribution is -2.33. The summed E-state index contributed by atoms with van der Waals surface area (Å²) in [5.41, 5.74) is 8.99. The van der Waals surface area contributed by atoms with Crippen LogP contribution in [0, 0.1) is 11.3 Å². The average Bonchev–Trinajstić information content (AvgIpc) is 2.55. The second-order valence-corrected chi connectivity index (χ2v) is 4.57. The lowest BCUT2D eigenvalue weighted by Gasteiger charge is -2.09. The number of nitrogens with zero attached hydrogens (tertiary/aromatic N) is 2. The lowest BCUT2D eigenvalue weighted by molar-refractivity contribution is -0.142. The number of ether oxygens (including phenoxy) is 1. The van der Waals surface area contributed by atoms with E-state index in [1.165, 1.54) is 7.11 Å². The van der Waals surface area contributed by atoms with E-state index >= 15 is 0 Å². The monoisotopic (exact) mass is 281 g/mol. The van der Waals surface area contributed by atoms with Gasteiger partial charge in [-0.3, -0.25) is 4.79 Å². The second kappa shape index (κ2) is 6.64. The number of pyridine rings is 1. The summed E-state index contributed by atoms with van der Waals surface area (Å²) < 4.78 is 4.60. The van der Waals surface area contributed by atoms with E-state index in [1.54, 1.807) is 12.3 Å². The van der Waals surface area contributed by atoms with E-state index in [9.17, 15) is 4.79 Å². The maximum atomic E-state index is 11.3. The molecule has 0 spiro atoms. The van der Waals surface area contributed by atoms with Crippen molar-refractivity contribution in [2.75, 3.05) is 7.11 Å². The molecule has 0 aliphatic heterocycles. The molecule has 2 N–H and O–H groups in total. The van der Waals surface area contributed by atoms with Crippen LogP contribution in [0.15, 0.2) is 42.6 Å². The van der Waals surface area contributed by atoms with Crippen LogP contribution in [0.5, 0.6) is 0 Å². The fraction of sp³-hybridized carbons (Fsp3) is 0.188. The van der Waals surface area contributed by atoms with Crippen LogP contribution in [0.3, 0.4) is 0 Å². The van der Waals surface area contributed by atoms with Crippen molar-refractivity contribution < 1.29 is 9.53 Å². The Balaban J connectivity index is 2.11. The fourth-order valence-electron chi connectivity index (χ4n) is 1.95. The van der Waals surface area contributed by atoms with Gasteiger partial charge in [-0.05, 0) is 29.7 Å². The smallest absolute Gasteiger partial charge is 0.322 e. The van der Waals surface area contributed by atoms with Crippen LogP contribution < -0.4 is 5.73 Å². The van der Waals surface area contributed by atoms with Crippen LogP contribution >= 0.6 is 0 Å². The van der Waals surface area contributed by atoms with Crippen molar-refractivity contribution in [1.29, 1.82) is 5.26 Å². The number of esters is 1. The number of benzene rings is 1. The molecule has 0 bridgehead atoms. The van der Waals surface area contributed by atoms with Crippen LogP contribution in [-0.2, 0) is 16.0 Å². The van der Waals surface area contributed by atoms with E-state index in [4.69, 9.17) is 11.0 Å². The van der Waals surface area contributed by atoms with Gasteiger partial charge in [-0.2, -0.15) is 5.26 Å². The Labute approximate surface area is 123 Å². The molecule has 0 saturated carbocycles. The Morgan fingerprint density at radius 3 is 2.48 bits per heavy atom. The molecule has 5 nitrogen and oxygen atoms in total. The van der Waals surface area contributed by atoms with Gasteiger partial charge in [0, 0.05) is 11.8 Å². The first kappa shape index (κ1) is 14.7. The second-order valence-electron chi connectivity index (χ2n) is 4.57. The maximum absolute atomic E-state index is 11.3. The van der Waals surface area contributed by atoms with E-state index < -0.39 is 12.0 Å². The Kier molecular flexibility index (Phi) is 4.64. The number of hydrogen-bond donors (Lipinski definition) is 1. The molecule has 1 heterocycles. The van der Waals surface area contributed by atoms with Gasteiger partial charge in [-0.1, -0.05) is 24.3 Å². The van der Waals surface area contributed by atoms with Crippen LogP contribution in [0.1, 0.15) is 11.3 Å². The molecule has 2 rings (SSSR count). The zero-order valence-electron chi connectivity index (χ0n) is 11.6. The molecule has 0 saturated heterocycles. The van der Waals surface area contributed by atoms with Crippen LogP contribution in [-0.4, -0.2) is 24.1 Å². The molecule has 2 aromatic rings. The zero-order valence-corrected chi connectivity index (χ0v) is 11.6. The van der Waals surface area contributed by atoms with E-state index in [0.717, 1.165) is 16.7 Å². The van der Waals surface area contributed by atoms with Gasteiger partial charge in [0.2, 0.25) is 0 Å². The Morgan fingerprint density at radius 2 is 1.95 bits per heavy atom. The number of nitrogens with two attached hydrogens (primary N) is 1. The highest BCUT2D eigenvalue weighted by atomic mass is 16.5. The number of carbonyl (C=O) groups is 1. The van der Waals surface area contributed by atoms with Crippen molar-refractivity contribution in [1.82, 2.24) is 4.98 Å². The van der Waals surface area contributed by atoms with Crippen LogP contribution in [0.25, 0.3) is 11.1 Å². The Morgan fingerprint density at radius 1 is 1.29 bits per heavy atom. The van der Waals surface area contributed by atoms with Crippen molar-refractivity contribution in [2.45, 2.75) is 12.5 Å². The van der Waals surface area contributed by atoms with Gasteiger partial charge in [0.25, 0.3) is 0 Å². The summed E-state index contributed by atoms with van der Waals surface area (Å²) >= 11 is 0. The molecule has 0 fully saturated rings. The van der Waals surface area contributed by atoms with Gasteiger partial charge in [-0.15, -0.1) is 0 Å². The summed E-state index contributed by atoms with van der Waals surface area (Å²) in [4.78, 5) is 15.3. The molecule has 0 aliphatic rings. The van der Waals surface area contributed by atoms with Crippen LogP contribution in [0.2, 0.25) is 0 Å². The molecular formula is C16H15N3O2. The highest BCUT2D eigenvalue weighted by Crippen LogP contribution is 2.19. The predicted molar refractivity (Wildman–Crippen MR) is 78.1 cm³/mol. The number of nitriles is 1. The van der Waals surface area contributed by atoms with Gasteiger partial charge in [-0.25, -0.2) is 4.98 Å². The third kappa shape index (κ3) is 3.65. The molecule has 1 unspecified atom stereocenters. The van der Waals surface area contributed by atoms with Gasteiger partial charge in [0.15, 0.2) is 0 Å².